The molecule has 1 fully saturated rings. The van der Waals surface area contributed by atoms with E-state index in [1.54, 1.807) is 0 Å². The lowest BCUT2D eigenvalue weighted by molar-refractivity contribution is -0.384. The van der Waals surface area contributed by atoms with Crippen molar-refractivity contribution in [2.24, 2.45) is 0 Å². The number of nitrogens with zero attached hydrogens (tertiary/aromatic N) is 4. The lowest BCUT2D eigenvalue weighted by Crippen LogP contribution is -2.40. The lowest BCUT2D eigenvalue weighted by Gasteiger charge is -2.26. The molecule has 172 valence electrons. The van der Waals surface area contributed by atoms with Crippen molar-refractivity contribution in [2.75, 3.05) is 26.3 Å². The Morgan fingerprint density at radius 3 is 2.61 bits per heavy atom. The molecule has 0 spiro atoms. The molecule has 2 heterocycles. The number of halogens is 1. The topological polar surface area (TPSA) is 145 Å². The van der Waals surface area contributed by atoms with Crippen LogP contribution in [0.2, 0.25) is 0 Å². The molecule has 33 heavy (non-hydrogen) atoms. The largest absolute Gasteiger partial charge is 0.507 e. The summed E-state index contributed by atoms with van der Waals surface area (Å²) >= 11 is 0. The van der Waals surface area contributed by atoms with Gasteiger partial charge in [0.2, 0.25) is 10.0 Å². The Morgan fingerprint density at radius 1 is 1.18 bits per heavy atom. The number of ether oxygens (including phenoxy) is 1. The highest BCUT2D eigenvalue weighted by atomic mass is 32.2. The second-order valence-electron chi connectivity index (χ2n) is 7.09. The van der Waals surface area contributed by atoms with Crippen LogP contribution in [0, 0.1) is 15.9 Å². The zero-order valence-electron chi connectivity index (χ0n) is 16.9. The summed E-state index contributed by atoms with van der Waals surface area (Å²) in [5, 5.41) is 25.5. The van der Waals surface area contributed by atoms with Gasteiger partial charge in [-0.25, -0.2) is 17.5 Å². The van der Waals surface area contributed by atoms with Gasteiger partial charge in [-0.05, 0) is 30.3 Å². The Kier molecular flexibility index (Phi) is 5.93. The Hall–Kier alpha value is -3.68. The van der Waals surface area contributed by atoms with Crippen molar-refractivity contribution in [1.82, 2.24) is 14.1 Å². The van der Waals surface area contributed by atoms with Crippen LogP contribution in [0.25, 0.3) is 5.69 Å². The van der Waals surface area contributed by atoms with Crippen LogP contribution in [0.5, 0.6) is 5.75 Å². The van der Waals surface area contributed by atoms with Crippen molar-refractivity contribution in [3.05, 3.63) is 75.9 Å². The number of phenolic OH excluding ortho intramolecular Hbond substituents is 1. The summed E-state index contributed by atoms with van der Waals surface area (Å²) in [6, 6.07) is 6.25. The summed E-state index contributed by atoms with van der Waals surface area (Å²) < 4.78 is 46.5. The van der Waals surface area contributed by atoms with Crippen molar-refractivity contribution < 1.29 is 32.4 Å². The van der Waals surface area contributed by atoms with E-state index in [0.717, 1.165) is 35.1 Å². The number of phenols is 1. The van der Waals surface area contributed by atoms with Crippen LogP contribution in [-0.2, 0) is 14.8 Å². The highest BCUT2D eigenvalue weighted by Crippen LogP contribution is 2.29. The number of carbonyl (C=O) groups is 1. The average molecular weight is 476 g/mol. The SMILES string of the molecule is O=C(c1cnn(-c2ccc(S(=O)(=O)N3CCOCC3)cc2[N+](=O)[O-])c1)c1cc(F)ccc1O. The molecule has 0 amide bonds. The van der Waals surface area contributed by atoms with E-state index in [-0.39, 0.29) is 48.0 Å². The van der Waals surface area contributed by atoms with Gasteiger partial charge in [-0.15, -0.1) is 0 Å². The van der Waals surface area contributed by atoms with Gasteiger partial charge >= 0.3 is 0 Å². The number of aromatic hydroxyl groups is 1. The van der Waals surface area contributed by atoms with Crippen LogP contribution in [0.1, 0.15) is 15.9 Å². The van der Waals surface area contributed by atoms with Crippen LogP contribution in [0.3, 0.4) is 0 Å². The Bertz CT molecular complexity index is 1350. The molecule has 13 heteroatoms. The predicted octanol–water partition coefficient (Wildman–Crippen LogP) is 1.88. The zero-order chi connectivity index (χ0) is 23.8. The van der Waals surface area contributed by atoms with Gasteiger partial charge in [0.1, 0.15) is 17.3 Å². The number of carbonyl (C=O) groups excluding carboxylic acids is 1. The van der Waals surface area contributed by atoms with E-state index in [1.165, 1.54) is 22.6 Å². The van der Waals surface area contributed by atoms with Gasteiger partial charge in [0.05, 0.1) is 40.4 Å². The minimum absolute atomic E-state index is 0.0600. The van der Waals surface area contributed by atoms with Gasteiger partial charge in [0.25, 0.3) is 5.69 Å². The Morgan fingerprint density at radius 2 is 1.91 bits per heavy atom. The summed E-state index contributed by atoms with van der Waals surface area (Å²) in [7, 11) is -3.97. The molecule has 0 unspecified atom stereocenters. The molecule has 1 aliphatic heterocycles. The van der Waals surface area contributed by atoms with Crippen LogP contribution in [-0.4, -0.2) is 64.6 Å². The van der Waals surface area contributed by atoms with Gasteiger partial charge in [-0.3, -0.25) is 14.9 Å². The number of benzene rings is 2. The number of nitro groups is 1. The molecule has 0 aliphatic carbocycles. The number of aromatic nitrogens is 2. The molecule has 1 N–H and O–H groups in total. The molecule has 0 radical (unpaired) electrons. The summed E-state index contributed by atoms with van der Waals surface area (Å²) in [5.74, 6) is -1.90. The lowest BCUT2D eigenvalue weighted by atomic mass is 10.1. The maximum Gasteiger partial charge on any atom is 0.296 e. The minimum Gasteiger partial charge on any atom is -0.507 e. The molecule has 1 aliphatic rings. The normalized spacial score (nSPS) is 14.8. The third kappa shape index (κ3) is 4.33. The molecular weight excluding hydrogens is 459 g/mol. The number of ketones is 1. The quantitative estimate of drug-likeness (QED) is 0.322. The first-order valence-corrected chi connectivity index (χ1v) is 11.1. The fraction of sp³-hybridized carbons (Fsp3) is 0.200. The van der Waals surface area contributed by atoms with Crippen molar-refractivity contribution in [3.63, 3.8) is 0 Å². The monoisotopic (exact) mass is 476 g/mol. The van der Waals surface area contributed by atoms with Crippen molar-refractivity contribution >= 4 is 21.5 Å². The maximum absolute atomic E-state index is 13.5. The number of rotatable bonds is 6. The standard InChI is InChI=1S/C20H17FN4O7S/c21-14-1-4-19(26)16(9-14)20(27)13-11-22-24(12-13)17-3-2-15(10-18(17)25(28)29)33(30,31)23-5-7-32-8-6-23/h1-4,9-12,26H,5-8H2. The highest BCUT2D eigenvalue weighted by molar-refractivity contribution is 7.89. The maximum atomic E-state index is 13.5. The van der Waals surface area contributed by atoms with E-state index in [1.807, 2.05) is 0 Å². The van der Waals surface area contributed by atoms with Crippen LogP contribution >= 0.6 is 0 Å². The molecule has 11 nitrogen and oxygen atoms in total. The summed E-state index contributed by atoms with van der Waals surface area (Å²) in [6.07, 6.45) is 2.28. The summed E-state index contributed by atoms with van der Waals surface area (Å²) in [6.45, 7) is 0.722. The molecule has 0 atom stereocenters. The van der Waals surface area contributed by atoms with Crippen LogP contribution in [0.4, 0.5) is 10.1 Å². The van der Waals surface area contributed by atoms with E-state index < -0.39 is 38.0 Å². The van der Waals surface area contributed by atoms with Crippen molar-refractivity contribution in [2.45, 2.75) is 4.90 Å². The third-order valence-electron chi connectivity index (χ3n) is 5.05. The average Bonchev–Trinajstić information content (AvgIpc) is 3.30. The molecule has 1 saturated heterocycles. The van der Waals surface area contributed by atoms with E-state index in [2.05, 4.69) is 5.10 Å². The van der Waals surface area contributed by atoms with Gasteiger partial charge < -0.3 is 9.84 Å². The van der Waals surface area contributed by atoms with E-state index in [4.69, 9.17) is 4.74 Å². The molecule has 2 aromatic carbocycles. The minimum atomic E-state index is -3.97. The van der Waals surface area contributed by atoms with Gasteiger partial charge in [0, 0.05) is 25.4 Å². The molecular formula is C20H17FN4O7S. The van der Waals surface area contributed by atoms with Crippen LogP contribution in [0.15, 0.2) is 53.7 Å². The number of nitro benzene ring substituents is 1. The first kappa shape index (κ1) is 22.5. The fourth-order valence-corrected chi connectivity index (χ4v) is 4.79. The van der Waals surface area contributed by atoms with Crippen molar-refractivity contribution in [3.8, 4) is 11.4 Å². The third-order valence-corrected chi connectivity index (χ3v) is 6.94. The van der Waals surface area contributed by atoms with Gasteiger partial charge in [-0.2, -0.15) is 9.40 Å². The van der Waals surface area contributed by atoms with Crippen molar-refractivity contribution in [1.29, 1.82) is 0 Å². The number of morpholine rings is 1. The molecule has 4 rings (SSSR count). The second kappa shape index (κ2) is 8.69. The van der Waals surface area contributed by atoms with Gasteiger partial charge in [-0.1, -0.05) is 0 Å². The zero-order valence-corrected chi connectivity index (χ0v) is 17.7. The van der Waals surface area contributed by atoms with Gasteiger partial charge in [0.15, 0.2) is 5.78 Å². The molecule has 0 bridgehead atoms. The first-order chi connectivity index (χ1) is 15.7. The van der Waals surface area contributed by atoms with E-state index in [9.17, 15) is 32.8 Å². The Balaban J connectivity index is 1.70. The van der Waals surface area contributed by atoms with E-state index in [0.29, 0.717) is 0 Å². The summed E-state index contributed by atoms with van der Waals surface area (Å²) in [4.78, 5) is 23.3. The number of sulfonamides is 1. The molecule has 3 aromatic rings. The second-order valence-corrected chi connectivity index (χ2v) is 9.03. The first-order valence-electron chi connectivity index (χ1n) is 9.63. The van der Waals surface area contributed by atoms with Crippen LogP contribution < -0.4 is 0 Å². The fourth-order valence-electron chi connectivity index (χ4n) is 3.36. The van der Waals surface area contributed by atoms with E-state index >= 15 is 0 Å². The number of hydrogen-bond acceptors (Lipinski definition) is 8. The highest BCUT2D eigenvalue weighted by Gasteiger charge is 2.29. The Labute approximate surface area is 186 Å². The summed E-state index contributed by atoms with van der Waals surface area (Å²) in [5.41, 5.74) is -0.977. The predicted molar refractivity (Wildman–Crippen MR) is 111 cm³/mol. The molecule has 1 aromatic heterocycles. The smallest absolute Gasteiger partial charge is 0.296 e. The number of hydrogen-bond donors (Lipinski definition) is 1. The molecule has 0 saturated carbocycles.